The summed E-state index contributed by atoms with van der Waals surface area (Å²) in [4.78, 5) is 23.3. The number of ether oxygens (including phenoxy) is 1. The van der Waals surface area contributed by atoms with Crippen molar-refractivity contribution in [2.75, 3.05) is 17.1 Å². The molecule has 0 radical (unpaired) electrons. The first kappa shape index (κ1) is 23.7. The molecule has 2 aromatic heterocycles. The van der Waals surface area contributed by atoms with Gasteiger partial charge < -0.3 is 10.1 Å². The van der Waals surface area contributed by atoms with Gasteiger partial charge in [-0.25, -0.2) is 18.4 Å². The Morgan fingerprint density at radius 2 is 1.65 bits per heavy atom. The molecule has 0 fully saturated rings. The van der Waals surface area contributed by atoms with Crippen LogP contribution in [0.3, 0.4) is 0 Å². The van der Waals surface area contributed by atoms with Crippen molar-refractivity contribution >= 4 is 48.9 Å². The number of methoxy groups -OCH3 is 1. The summed E-state index contributed by atoms with van der Waals surface area (Å²) in [7, 11) is -2.34. The monoisotopic (exact) mass is 496 g/mol. The molecule has 10 heteroatoms. The molecule has 2 aromatic carbocycles. The molecule has 0 atom stereocenters. The molecule has 0 aliphatic heterocycles. The van der Waals surface area contributed by atoms with Crippen molar-refractivity contribution in [3.63, 3.8) is 0 Å². The first-order valence-electron chi connectivity index (χ1n) is 10.4. The number of fused-ring (bicyclic) bond motifs is 1. The van der Waals surface area contributed by atoms with E-state index >= 15 is 0 Å². The topological polar surface area (TPSA) is 110 Å². The van der Waals surface area contributed by atoms with Crippen molar-refractivity contribution < 1.29 is 17.9 Å². The molecule has 0 aliphatic rings. The van der Waals surface area contributed by atoms with E-state index in [4.69, 9.17) is 4.74 Å². The van der Waals surface area contributed by atoms with Crippen LogP contribution in [0, 0.1) is 27.7 Å². The standard InChI is InChI=1S/C24H24N4O4S2/c1-13-6-7-18(12-20(13)34(30,31)28-17-8-10-19(32-5)11-9-17)27-23(29)22-14(2)21-15(3)25-16(4)26-24(21)33-22/h6-12,28H,1-5H3,(H,27,29). The lowest BCUT2D eigenvalue weighted by Crippen LogP contribution is -2.16. The SMILES string of the molecule is COc1ccc(NS(=O)(=O)c2cc(NC(=O)c3sc4nc(C)nc(C)c4c3C)ccc2C)cc1. The third-order valence-electron chi connectivity index (χ3n) is 5.37. The number of nitrogens with one attached hydrogen (secondary N) is 2. The number of aryl methyl sites for hydroxylation is 4. The number of benzene rings is 2. The molecule has 0 spiro atoms. The van der Waals surface area contributed by atoms with E-state index in [2.05, 4.69) is 20.0 Å². The largest absolute Gasteiger partial charge is 0.497 e. The van der Waals surface area contributed by atoms with Gasteiger partial charge in [0.1, 0.15) is 16.4 Å². The lowest BCUT2D eigenvalue weighted by molar-refractivity contribution is 0.103. The van der Waals surface area contributed by atoms with E-state index in [1.807, 2.05) is 20.8 Å². The molecule has 8 nitrogen and oxygen atoms in total. The van der Waals surface area contributed by atoms with Crippen LogP contribution in [0.25, 0.3) is 10.2 Å². The van der Waals surface area contributed by atoms with Crippen LogP contribution in [0.4, 0.5) is 11.4 Å². The van der Waals surface area contributed by atoms with Gasteiger partial charge in [0.05, 0.1) is 16.9 Å². The Labute approximate surface area is 202 Å². The second-order valence-electron chi connectivity index (χ2n) is 7.86. The quantitative estimate of drug-likeness (QED) is 0.389. The first-order chi connectivity index (χ1) is 16.1. The molecule has 4 aromatic rings. The maximum absolute atomic E-state index is 13.1. The van der Waals surface area contributed by atoms with E-state index in [0.29, 0.717) is 33.4 Å². The minimum absolute atomic E-state index is 0.0755. The maximum atomic E-state index is 13.1. The Hall–Kier alpha value is -3.50. The van der Waals surface area contributed by atoms with Gasteiger partial charge in [-0.3, -0.25) is 9.52 Å². The third-order valence-corrected chi connectivity index (χ3v) is 8.07. The van der Waals surface area contributed by atoms with Gasteiger partial charge in [-0.05, 0) is 75.2 Å². The van der Waals surface area contributed by atoms with E-state index in [-0.39, 0.29) is 10.8 Å². The van der Waals surface area contributed by atoms with Gasteiger partial charge in [-0.2, -0.15) is 0 Å². The highest BCUT2D eigenvalue weighted by molar-refractivity contribution is 7.92. The number of aromatic nitrogens is 2. The highest BCUT2D eigenvalue weighted by Gasteiger charge is 2.21. The van der Waals surface area contributed by atoms with Crippen LogP contribution < -0.4 is 14.8 Å². The van der Waals surface area contributed by atoms with Crippen LogP contribution in [0.5, 0.6) is 5.75 Å². The number of carbonyl (C=O) groups is 1. The van der Waals surface area contributed by atoms with Gasteiger partial charge >= 0.3 is 0 Å². The normalized spacial score (nSPS) is 11.4. The molecule has 0 saturated carbocycles. The predicted octanol–water partition coefficient (Wildman–Crippen LogP) is 4.99. The number of hydrogen-bond acceptors (Lipinski definition) is 7. The zero-order chi connectivity index (χ0) is 24.6. The van der Waals surface area contributed by atoms with Gasteiger partial charge in [0.25, 0.3) is 15.9 Å². The molecule has 176 valence electrons. The molecular formula is C24H24N4O4S2. The second-order valence-corrected chi connectivity index (χ2v) is 10.5. The minimum Gasteiger partial charge on any atom is -0.497 e. The zero-order valence-corrected chi connectivity index (χ0v) is 21.0. The fourth-order valence-corrected chi connectivity index (χ4v) is 6.22. The molecule has 0 aliphatic carbocycles. The number of amides is 1. The highest BCUT2D eigenvalue weighted by atomic mass is 32.2. The predicted molar refractivity (Wildman–Crippen MR) is 135 cm³/mol. The number of sulfonamides is 1. The average molecular weight is 497 g/mol. The van der Waals surface area contributed by atoms with Crippen LogP contribution in [-0.2, 0) is 10.0 Å². The van der Waals surface area contributed by atoms with Crippen LogP contribution in [0.1, 0.15) is 32.3 Å². The van der Waals surface area contributed by atoms with Crippen LogP contribution in [-0.4, -0.2) is 31.4 Å². The molecular weight excluding hydrogens is 472 g/mol. The Morgan fingerprint density at radius 1 is 0.971 bits per heavy atom. The van der Waals surface area contributed by atoms with E-state index in [9.17, 15) is 13.2 Å². The zero-order valence-electron chi connectivity index (χ0n) is 19.4. The Balaban J connectivity index is 1.62. The summed E-state index contributed by atoms with van der Waals surface area (Å²) in [6.07, 6.45) is 0. The Morgan fingerprint density at radius 3 is 2.32 bits per heavy atom. The van der Waals surface area contributed by atoms with E-state index in [1.165, 1.54) is 24.5 Å². The highest BCUT2D eigenvalue weighted by Crippen LogP contribution is 2.32. The number of hydrogen-bond donors (Lipinski definition) is 2. The van der Waals surface area contributed by atoms with Crippen molar-refractivity contribution in [2.45, 2.75) is 32.6 Å². The van der Waals surface area contributed by atoms with Crippen LogP contribution >= 0.6 is 11.3 Å². The fraction of sp³-hybridized carbons (Fsp3) is 0.208. The molecule has 4 rings (SSSR count). The summed E-state index contributed by atoms with van der Waals surface area (Å²) < 4.78 is 33.8. The molecule has 2 heterocycles. The average Bonchev–Trinajstić information content (AvgIpc) is 3.11. The third kappa shape index (κ3) is 4.59. The van der Waals surface area contributed by atoms with Crippen molar-refractivity contribution in [2.24, 2.45) is 0 Å². The Bertz CT molecular complexity index is 1510. The number of thiophene rings is 1. The van der Waals surface area contributed by atoms with Crippen molar-refractivity contribution in [1.29, 1.82) is 0 Å². The lowest BCUT2D eigenvalue weighted by Gasteiger charge is -2.13. The number of anilines is 2. The summed E-state index contributed by atoms with van der Waals surface area (Å²) >= 11 is 1.29. The molecule has 0 unspecified atom stereocenters. The summed E-state index contributed by atoms with van der Waals surface area (Å²) in [6.45, 7) is 7.28. The Kier molecular flexibility index (Phi) is 6.28. The second kappa shape index (κ2) is 9.03. The molecule has 2 N–H and O–H groups in total. The van der Waals surface area contributed by atoms with Crippen molar-refractivity contribution in [1.82, 2.24) is 9.97 Å². The van der Waals surface area contributed by atoms with Crippen LogP contribution in [0.2, 0.25) is 0 Å². The summed E-state index contributed by atoms with van der Waals surface area (Å²) in [5, 5.41) is 3.70. The van der Waals surface area contributed by atoms with Crippen molar-refractivity contribution in [3.05, 3.63) is 70.0 Å². The summed E-state index contributed by atoms with van der Waals surface area (Å²) in [5.74, 6) is 0.945. The minimum atomic E-state index is -3.88. The molecule has 0 saturated heterocycles. The fourth-order valence-electron chi connectivity index (χ4n) is 3.71. The van der Waals surface area contributed by atoms with Gasteiger partial charge in [0.15, 0.2) is 0 Å². The van der Waals surface area contributed by atoms with Gasteiger partial charge in [0, 0.05) is 22.5 Å². The number of rotatable bonds is 6. The number of carbonyl (C=O) groups excluding carboxylic acids is 1. The summed E-state index contributed by atoms with van der Waals surface area (Å²) in [6, 6.07) is 11.4. The first-order valence-corrected chi connectivity index (χ1v) is 12.7. The molecule has 34 heavy (non-hydrogen) atoms. The van der Waals surface area contributed by atoms with E-state index in [1.54, 1.807) is 43.3 Å². The van der Waals surface area contributed by atoms with E-state index in [0.717, 1.165) is 21.5 Å². The van der Waals surface area contributed by atoms with Crippen molar-refractivity contribution in [3.8, 4) is 5.75 Å². The lowest BCUT2D eigenvalue weighted by atomic mass is 10.1. The van der Waals surface area contributed by atoms with Gasteiger partial charge in [-0.15, -0.1) is 11.3 Å². The van der Waals surface area contributed by atoms with E-state index < -0.39 is 10.0 Å². The molecule has 1 amide bonds. The van der Waals surface area contributed by atoms with Gasteiger partial charge in [-0.1, -0.05) is 6.07 Å². The number of nitrogens with zero attached hydrogens (tertiary/aromatic N) is 2. The maximum Gasteiger partial charge on any atom is 0.266 e. The van der Waals surface area contributed by atoms with Gasteiger partial charge in [0.2, 0.25) is 0 Å². The summed E-state index contributed by atoms with van der Waals surface area (Å²) in [5.41, 5.74) is 2.96. The van der Waals surface area contributed by atoms with Crippen LogP contribution in [0.15, 0.2) is 47.4 Å². The smallest absolute Gasteiger partial charge is 0.266 e. The molecule has 0 bridgehead atoms.